The average molecular weight is 385 g/mol. The normalized spacial score (nSPS) is 10.9. The van der Waals surface area contributed by atoms with Gasteiger partial charge in [-0.05, 0) is 55.0 Å². The minimum absolute atomic E-state index is 0.407. The van der Waals surface area contributed by atoms with Crippen LogP contribution in [0.15, 0.2) is 95.2 Å². The van der Waals surface area contributed by atoms with Gasteiger partial charge in [-0.15, -0.1) is 10.2 Å². The number of rotatable bonds is 6. The minimum atomic E-state index is -0.527. The maximum atomic E-state index is 12.0. The van der Waals surface area contributed by atoms with Gasteiger partial charge in [-0.2, -0.15) is 0 Å². The van der Waals surface area contributed by atoms with E-state index >= 15 is 0 Å². The Kier molecular flexibility index (Phi) is 6.62. The Morgan fingerprint density at radius 2 is 1.69 bits per heavy atom. The predicted octanol–water partition coefficient (Wildman–Crippen LogP) is 5.50. The van der Waals surface area contributed by atoms with Crippen molar-refractivity contribution in [2.45, 2.75) is 6.92 Å². The molecule has 0 aliphatic heterocycles. The van der Waals surface area contributed by atoms with E-state index in [-0.39, 0.29) is 0 Å². The van der Waals surface area contributed by atoms with Crippen LogP contribution in [0.4, 0.5) is 11.4 Å². The second-order valence-corrected chi connectivity index (χ2v) is 6.19. The Balaban J connectivity index is 1.51. The second kappa shape index (κ2) is 9.75. The molecule has 144 valence electrons. The Morgan fingerprint density at radius 1 is 0.931 bits per heavy atom. The molecule has 0 saturated heterocycles. The zero-order valence-electron chi connectivity index (χ0n) is 15.8. The summed E-state index contributed by atoms with van der Waals surface area (Å²) in [6, 6.07) is 23.2. The highest BCUT2D eigenvalue weighted by Gasteiger charge is 2.04. The number of nitrogens with one attached hydrogen (secondary N) is 1. The van der Waals surface area contributed by atoms with E-state index in [0.29, 0.717) is 16.9 Å². The summed E-state index contributed by atoms with van der Waals surface area (Å²) in [6.45, 7) is 1.91. The quantitative estimate of drug-likeness (QED) is 0.345. The highest BCUT2D eigenvalue weighted by Crippen LogP contribution is 2.17. The Bertz CT molecular complexity index is 1040. The zero-order valence-corrected chi connectivity index (χ0v) is 15.8. The van der Waals surface area contributed by atoms with E-state index in [1.807, 2.05) is 43.3 Å². The van der Waals surface area contributed by atoms with Gasteiger partial charge in [-0.1, -0.05) is 48.0 Å². The summed E-state index contributed by atoms with van der Waals surface area (Å²) in [6.07, 6.45) is 3.00. The predicted molar refractivity (Wildman–Crippen MR) is 112 cm³/mol. The summed E-state index contributed by atoms with van der Waals surface area (Å²) in [5.74, 6) is -0.934. The van der Waals surface area contributed by atoms with Crippen molar-refractivity contribution in [1.82, 2.24) is 0 Å². The van der Waals surface area contributed by atoms with Crippen LogP contribution >= 0.6 is 0 Å². The molecule has 3 rings (SSSR count). The third-order valence-electron chi connectivity index (χ3n) is 3.87. The number of carbonyl (C=O) groups excluding carboxylic acids is 2. The van der Waals surface area contributed by atoms with Gasteiger partial charge in [0.2, 0.25) is 0 Å². The maximum Gasteiger partial charge on any atom is 0.355 e. The van der Waals surface area contributed by atoms with Crippen LogP contribution in [-0.4, -0.2) is 11.9 Å². The highest BCUT2D eigenvalue weighted by molar-refractivity contribution is 5.94. The molecule has 0 radical (unpaired) electrons. The Labute approximate surface area is 168 Å². The van der Waals surface area contributed by atoms with Gasteiger partial charge in [-0.25, -0.2) is 10.3 Å². The fourth-order valence-corrected chi connectivity index (χ4v) is 2.41. The zero-order chi connectivity index (χ0) is 20.5. The first-order valence-corrected chi connectivity index (χ1v) is 8.93. The van der Waals surface area contributed by atoms with Gasteiger partial charge >= 0.3 is 5.97 Å². The number of carbonyl (C=O) groups is 2. The molecule has 0 bridgehead atoms. The van der Waals surface area contributed by atoms with Gasteiger partial charge in [0.05, 0.1) is 11.4 Å². The van der Waals surface area contributed by atoms with Crippen molar-refractivity contribution in [2.24, 2.45) is 10.2 Å². The molecule has 0 unspecified atom stereocenters. The van der Waals surface area contributed by atoms with E-state index in [0.717, 1.165) is 11.1 Å². The summed E-state index contributed by atoms with van der Waals surface area (Å²) in [5, 5.41) is 7.67. The van der Waals surface area contributed by atoms with Crippen LogP contribution in [-0.2, 0) is 9.63 Å². The molecule has 29 heavy (non-hydrogen) atoms. The number of aryl methyl sites for hydroxylation is 1. The highest BCUT2D eigenvalue weighted by atomic mass is 16.7. The third-order valence-corrected chi connectivity index (χ3v) is 3.87. The van der Waals surface area contributed by atoms with E-state index in [1.54, 1.807) is 48.5 Å². The van der Waals surface area contributed by atoms with Crippen molar-refractivity contribution in [3.63, 3.8) is 0 Å². The van der Waals surface area contributed by atoms with E-state index < -0.39 is 11.9 Å². The molecule has 1 N–H and O–H groups in total. The molecule has 0 atom stereocenters. The fraction of sp³-hybridized carbons (Fsp3) is 0.0435. The van der Waals surface area contributed by atoms with Gasteiger partial charge in [0, 0.05) is 11.6 Å². The smallest absolute Gasteiger partial charge is 0.339 e. The van der Waals surface area contributed by atoms with Gasteiger partial charge in [0.15, 0.2) is 0 Å². The van der Waals surface area contributed by atoms with E-state index in [2.05, 4.69) is 15.7 Å². The molecule has 0 saturated carbocycles. The second-order valence-electron chi connectivity index (χ2n) is 6.19. The van der Waals surface area contributed by atoms with Crippen LogP contribution in [0.5, 0.6) is 0 Å². The van der Waals surface area contributed by atoms with Gasteiger partial charge in [0.25, 0.3) is 5.91 Å². The summed E-state index contributed by atoms with van der Waals surface area (Å²) in [4.78, 5) is 28.8. The van der Waals surface area contributed by atoms with E-state index in [1.165, 1.54) is 6.08 Å². The molecule has 0 spiro atoms. The van der Waals surface area contributed by atoms with Crippen molar-refractivity contribution >= 4 is 29.3 Å². The van der Waals surface area contributed by atoms with Crippen LogP contribution in [0.2, 0.25) is 0 Å². The van der Waals surface area contributed by atoms with Crippen LogP contribution in [0, 0.1) is 6.92 Å². The molecule has 3 aromatic carbocycles. The van der Waals surface area contributed by atoms with Crippen LogP contribution in [0.3, 0.4) is 0 Å². The largest absolute Gasteiger partial charge is 0.355 e. The van der Waals surface area contributed by atoms with E-state index in [4.69, 9.17) is 4.84 Å². The fourth-order valence-electron chi connectivity index (χ4n) is 2.41. The molecular formula is C23H19N3O3. The first-order valence-electron chi connectivity index (χ1n) is 8.93. The number of nitrogens with zero attached hydrogens (tertiary/aromatic N) is 2. The Hall–Kier alpha value is -4.06. The number of benzene rings is 3. The summed E-state index contributed by atoms with van der Waals surface area (Å²) in [7, 11) is 0. The van der Waals surface area contributed by atoms with Gasteiger partial charge < -0.3 is 4.84 Å². The lowest BCUT2D eigenvalue weighted by molar-refractivity contribution is -0.134. The van der Waals surface area contributed by atoms with Crippen molar-refractivity contribution in [3.05, 3.63) is 102 Å². The van der Waals surface area contributed by atoms with Crippen LogP contribution < -0.4 is 5.48 Å². The van der Waals surface area contributed by atoms with Crippen LogP contribution in [0.25, 0.3) is 6.08 Å². The number of azo groups is 1. The Morgan fingerprint density at radius 3 is 2.41 bits per heavy atom. The maximum absolute atomic E-state index is 12.0. The van der Waals surface area contributed by atoms with Crippen molar-refractivity contribution in [1.29, 1.82) is 0 Å². The molecular weight excluding hydrogens is 366 g/mol. The topological polar surface area (TPSA) is 80.1 Å². The third kappa shape index (κ3) is 6.25. The summed E-state index contributed by atoms with van der Waals surface area (Å²) < 4.78 is 0. The average Bonchev–Trinajstić information content (AvgIpc) is 2.76. The number of hydrogen-bond acceptors (Lipinski definition) is 5. The lowest BCUT2D eigenvalue weighted by Gasteiger charge is -2.04. The number of amides is 1. The lowest BCUT2D eigenvalue weighted by atomic mass is 10.1. The monoisotopic (exact) mass is 385 g/mol. The first-order chi connectivity index (χ1) is 14.1. The number of anilines is 1. The van der Waals surface area contributed by atoms with Crippen LogP contribution in [0.1, 0.15) is 21.5 Å². The van der Waals surface area contributed by atoms with Gasteiger partial charge in [0.1, 0.15) is 0 Å². The molecule has 3 aromatic rings. The molecule has 0 aliphatic rings. The van der Waals surface area contributed by atoms with Crippen molar-refractivity contribution in [3.8, 4) is 0 Å². The molecule has 0 aromatic heterocycles. The van der Waals surface area contributed by atoms with E-state index in [9.17, 15) is 9.59 Å². The van der Waals surface area contributed by atoms with Crippen molar-refractivity contribution < 1.29 is 14.4 Å². The number of hydrogen-bond donors (Lipinski definition) is 1. The molecule has 0 aliphatic carbocycles. The lowest BCUT2D eigenvalue weighted by Crippen LogP contribution is -2.07. The first kappa shape index (κ1) is 19.7. The molecule has 6 nitrogen and oxygen atoms in total. The molecule has 0 heterocycles. The summed E-state index contributed by atoms with van der Waals surface area (Å²) >= 11 is 0. The summed E-state index contributed by atoms with van der Waals surface area (Å²) in [5.41, 5.74) is 6.01. The SMILES string of the molecule is Cc1cccc(C(=O)N=Nc2ccc(NOC(=O)C=Cc3ccccc3)cc2)c1. The standard InChI is InChI=1S/C23H19N3O3/c1-17-6-5-9-19(16-17)23(28)25-24-20-11-13-21(14-12-20)26-29-22(27)15-10-18-7-3-2-4-8-18/h2-16,26H,1H3. The van der Waals surface area contributed by atoms with Gasteiger partial charge in [-0.3, -0.25) is 4.79 Å². The van der Waals surface area contributed by atoms with Crippen molar-refractivity contribution in [2.75, 3.05) is 5.48 Å². The minimum Gasteiger partial charge on any atom is -0.339 e. The molecule has 1 amide bonds. The molecule has 6 heteroatoms. The molecule has 0 fully saturated rings.